The van der Waals surface area contributed by atoms with E-state index in [4.69, 9.17) is 48.1 Å². The van der Waals surface area contributed by atoms with E-state index in [0.717, 1.165) is 92.7 Å². The van der Waals surface area contributed by atoms with Crippen LogP contribution in [0.15, 0.2) is 43.3 Å². The number of H-pyrrole nitrogens is 1. The number of aliphatic hydroxyl groups is 3. The maximum Gasteiger partial charge on any atom is 0.439 e. The smallest absolute Gasteiger partial charge is 0.439 e. The van der Waals surface area contributed by atoms with Crippen molar-refractivity contribution in [1.29, 1.82) is 0 Å². The number of aromatic nitrogens is 10. The second-order valence-electron chi connectivity index (χ2n) is 21.1. The van der Waals surface area contributed by atoms with Crippen molar-refractivity contribution in [1.82, 2.24) is 48.2 Å². The lowest BCUT2D eigenvalue weighted by Crippen LogP contribution is -2.37. The molecule has 567 valence electrons. The number of allylic oxidation sites excluding steroid dienone is 1. The number of imidazole rings is 5. The Morgan fingerprint density at radius 1 is 0.614 bits per heavy atom. The molecule has 4 saturated heterocycles. The lowest BCUT2D eigenvalue weighted by molar-refractivity contribution is -0.403. The van der Waals surface area contributed by atoms with Crippen molar-refractivity contribution in [2.24, 2.45) is 0 Å². The van der Waals surface area contributed by atoms with Gasteiger partial charge in [0.25, 0.3) is 0 Å². The Labute approximate surface area is 577 Å². The predicted octanol–water partition coefficient (Wildman–Crippen LogP) is 6.38. The van der Waals surface area contributed by atoms with Crippen LogP contribution in [0.5, 0.6) is 12.0 Å². The third-order valence-corrected chi connectivity index (χ3v) is 13.5. The molecule has 0 saturated carbocycles. The molecule has 46 nitrogen and oxygen atoms in total. The molecule has 5 aromatic rings. The molecular formula is C53H87BFN18O28. The van der Waals surface area contributed by atoms with Gasteiger partial charge in [-0.1, -0.05) is 40.6 Å². The molecule has 0 bridgehead atoms. The van der Waals surface area contributed by atoms with Crippen molar-refractivity contribution in [3.8, 4) is 12.0 Å². The summed E-state index contributed by atoms with van der Waals surface area (Å²) in [5.74, 6) is -3.93. The molecule has 4 fully saturated rings. The van der Waals surface area contributed by atoms with Gasteiger partial charge in [-0.15, -0.1) is 0 Å². The summed E-state index contributed by atoms with van der Waals surface area (Å²) in [7, 11) is 0. The fourth-order valence-corrected chi connectivity index (χ4v) is 8.30. The van der Waals surface area contributed by atoms with Gasteiger partial charge in [0.1, 0.15) is 43.9 Å². The molecule has 7 aliphatic heterocycles. The van der Waals surface area contributed by atoms with Gasteiger partial charge in [-0.2, -0.15) is 4.98 Å². The molecule has 0 spiro atoms. The van der Waals surface area contributed by atoms with Crippen molar-refractivity contribution >= 4 is 55.3 Å². The monoisotopic (exact) mass is 1460 g/mol. The zero-order valence-electron chi connectivity index (χ0n) is 53.6. The van der Waals surface area contributed by atoms with E-state index in [1.165, 1.54) is 36.2 Å². The van der Waals surface area contributed by atoms with E-state index in [-0.39, 0.29) is 118 Å². The minimum Gasteiger partial charge on any atom is -0.502 e. The summed E-state index contributed by atoms with van der Waals surface area (Å²) >= 11 is 0. The Hall–Kier alpha value is -9.98. The number of epoxide rings is 2. The number of hydrogen-bond donors (Lipinski definition) is 4. The third-order valence-electron chi connectivity index (χ3n) is 13.5. The molecule has 2 unspecified atom stereocenters. The van der Waals surface area contributed by atoms with Crippen LogP contribution in [-0.4, -0.2) is 213 Å². The van der Waals surface area contributed by atoms with Gasteiger partial charge in [0.05, 0.1) is 77.2 Å². The van der Waals surface area contributed by atoms with E-state index >= 15 is 0 Å². The molecule has 101 heavy (non-hydrogen) atoms. The standard InChI is InChI=1S/C12H18N4O6.C11H15N3O5.C7H10N4O5.C6H7N3O4.C5H8O.C4H8O.C3H2N4O4.C3H6O2.2CH4.B.FH.2H2/c1-2-9(22-11-5-3-4-6-21-11)7-14-8-10(15(17)18)13-12(14)16(19)20;15-14(16)9-6-13-5-8(7-18-11(13)12-9)19-10-3-1-2-4-17-10;1-2-5(12)3-9-4-6(10(13)14)8-7(9)11(15)16;10-4-1-8-2-5(9(11)12)7-6(8)13-3-4;1-2-4-6-5-3-1;1-2-4-3-5-4;8-6(9)2-1-4-3(5-2)7(10)11;4-1-3-2-5-3;;;;;;/h8-9,11H,2-7H2,1H3;6,8,10H,1-5,7H2;4-5,12H,2-3H2,1H3;2,4,10H,1,3H2;2,4H,1,3,5H2;4H,2-3H2,1H3;1H,(H,4,5);3-4H,1-2H2;2*1H4;;3*1H/t9-,11?;8-,10?;5-;4-;;4-;;3-;;;;;;/m1010.1.1....../s1/i;;;;;;;;;;;;2*1+1. The highest BCUT2D eigenvalue weighted by Gasteiger charge is 2.32. The van der Waals surface area contributed by atoms with Crippen LogP contribution < -0.4 is 9.47 Å². The normalized spacial score (nSPS) is 19.5. The second-order valence-corrected chi connectivity index (χ2v) is 21.1. The second kappa shape index (κ2) is 45.6. The number of aliphatic hydroxyl groups excluding tert-OH is 3. The summed E-state index contributed by atoms with van der Waals surface area (Å²) in [6.45, 7) is 11.2. The molecule has 0 amide bonds. The van der Waals surface area contributed by atoms with Crippen LogP contribution in [-0.2, 0) is 59.3 Å². The minimum atomic E-state index is -0.840. The van der Waals surface area contributed by atoms with Crippen LogP contribution in [0.1, 0.15) is 109 Å². The van der Waals surface area contributed by atoms with Crippen molar-refractivity contribution in [2.45, 2.75) is 182 Å². The maximum absolute atomic E-state index is 11.0. The number of hydrogen-bond acceptors (Lipinski definition) is 33. The maximum atomic E-state index is 11.0. The quantitative estimate of drug-likeness (QED) is 0.0284. The zero-order valence-corrected chi connectivity index (χ0v) is 53.6. The highest BCUT2D eigenvalue weighted by molar-refractivity contribution is 5.75. The van der Waals surface area contributed by atoms with Crippen LogP contribution in [0.2, 0.25) is 0 Å². The first-order chi connectivity index (χ1) is 46.3. The number of nitro groups is 8. The van der Waals surface area contributed by atoms with E-state index < -0.39 is 86.9 Å². The van der Waals surface area contributed by atoms with E-state index in [1.54, 1.807) is 17.8 Å². The summed E-state index contributed by atoms with van der Waals surface area (Å²) in [4.78, 5) is 96.7. The molecule has 5 aromatic heterocycles. The zero-order chi connectivity index (χ0) is 71.1. The number of nitrogens with one attached hydrogen (secondary N) is 1. The summed E-state index contributed by atoms with van der Waals surface area (Å²) < 4.78 is 52.4. The number of halogens is 1. The first-order valence-electron chi connectivity index (χ1n) is 30.1. The van der Waals surface area contributed by atoms with Crippen LogP contribution in [0, 0.1) is 80.9 Å². The Morgan fingerprint density at radius 3 is 1.48 bits per heavy atom. The van der Waals surface area contributed by atoms with Gasteiger partial charge in [0, 0.05) is 34.4 Å². The predicted molar refractivity (Wildman–Crippen MR) is 348 cm³/mol. The minimum absolute atomic E-state index is 0. The molecule has 12 rings (SSSR count). The summed E-state index contributed by atoms with van der Waals surface area (Å²) in [5.41, 5.74) is 0. The fourth-order valence-electron chi connectivity index (χ4n) is 8.30. The van der Waals surface area contributed by atoms with Crippen LogP contribution >= 0.6 is 0 Å². The summed E-state index contributed by atoms with van der Waals surface area (Å²) in [5, 5.41) is 110. The van der Waals surface area contributed by atoms with Crippen molar-refractivity contribution in [2.75, 3.05) is 52.9 Å². The molecule has 7 aliphatic rings. The Balaban J connectivity index is 0. The number of aromatic amines is 1. The molecule has 8 atom stereocenters. The van der Waals surface area contributed by atoms with Gasteiger partial charge in [-0.25, -0.2) is 9.13 Å². The molecule has 4 N–H and O–H groups in total. The van der Waals surface area contributed by atoms with Gasteiger partial charge in [0.15, 0.2) is 31.2 Å². The van der Waals surface area contributed by atoms with Crippen LogP contribution in [0.25, 0.3) is 0 Å². The number of ether oxygens (including phenoxy) is 9. The average molecular weight is 1460 g/mol. The summed E-state index contributed by atoms with van der Waals surface area (Å²) in [6.07, 6.45) is 18.0. The molecule has 12 heterocycles. The average Bonchev–Trinajstić information content (AvgIpc) is 1.71. The van der Waals surface area contributed by atoms with Crippen molar-refractivity contribution in [3.63, 3.8) is 0 Å². The lowest BCUT2D eigenvalue weighted by atomic mass is 10.2. The topological polar surface area (TPSA) is 595 Å². The third kappa shape index (κ3) is 31.4. The summed E-state index contributed by atoms with van der Waals surface area (Å²) in [6, 6.07) is 0.466. The van der Waals surface area contributed by atoms with Crippen molar-refractivity contribution in [3.05, 3.63) is 124 Å². The van der Waals surface area contributed by atoms with E-state index in [1.807, 2.05) is 18.0 Å². The Bertz CT molecular complexity index is 3350. The lowest BCUT2D eigenvalue weighted by Gasteiger charge is -2.29. The van der Waals surface area contributed by atoms with Crippen molar-refractivity contribution < 1.29 is 105 Å². The van der Waals surface area contributed by atoms with E-state index in [9.17, 15) is 86.0 Å². The first kappa shape index (κ1) is 89.0. The Kier molecular flexibility index (Phi) is 40.2. The number of fused-ring (bicyclic) bond motifs is 2. The van der Waals surface area contributed by atoms with Gasteiger partial charge in [0.2, 0.25) is 0 Å². The van der Waals surface area contributed by atoms with Crippen LogP contribution in [0.4, 0.5) is 51.6 Å². The van der Waals surface area contributed by atoms with Crippen LogP contribution in [0.3, 0.4) is 0 Å². The van der Waals surface area contributed by atoms with E-state index in [2.05, 4.69) is 36.6 Å². The Morgan fingerprint density at radius 2 is 1.12 bits per heavy atom. The highest BCUT2D eigenvalue weighted by Crippen LogP contribution is 2.27. The number of nitrogens with zero attached hydrogens (tertiary/aromatic N) is 17. The fraction of sp³-hybridized carbons (Fsp3) is 0.679. The van der Waals surface area contributed by atoms with E-state index in [0.29, 0.717) is 38.7 Å². The highest BCUT2D eigenvalue weighted by atomic mass is 19.0. The molecule has 0 aromatic carbocycles. The van der Waals surface area contributed by atoms with Gasteiger partial charge >= 0.3 is 59.0 Å². The molecular weight excluding hydrogens is 1370 g/mol. The van der Waals surface area contributed by atoms with Gasteiger partial charge in [-0.3, -0.25) is 13.8 Å². The molecule has 3 radical (unpaired) electrons. The molecule has 48 heteroatoms. The van der Waals surface area contributed by atoms with Gasteiger partial charge < -0.3 is 139 Å². The molecule has 0 aliphatic carbocycles. The van der Waals surface area contributed by atoms with Gasteiger partial charge in [-0.05, 0) is 126 Å². The SMILES string of the molecule is C.C.C1=COCCC1.CC[C@@H](O)Cn1cc([N+](=O)[O-])nc1[N+](=O)[O-].CC[C@@H]1CO1.CC[C@H](Cn1cc([N+](=O)[O-])nc1[N+](=O)[O-])OC1CCCCO1.F.O=[N+]([O-])c1cn2c(n1)OC[C@@H](O)C2.O=[N+]([O-])c1cn2c(n1)OC[C@@H](OC1CCCCO1)C2.O=[N+]([O-])c1cnc([N+](=O)[O-])[nH]1.OC[C@@H]1CO1.[2HH].[2HH].[B]. The largest absolute Gasteiger partial charge is 0.502 e. The number of rotatable bonds is 20. The first-order valence-corrected chi connectivity index (χ1v) is 30.1.